The van der Waals surface area contributed by atoms with Crippen molar-refractivity contribution < 1.29 is 0 Å². The van der Waals surface area contributed by atoms with Gasteiger partial charge in [-0.05, 0) is 30.5 Å². The highest BCUT2D eigenvalue weighted by molar-refractivity contribution is 5.98. The van der Waals surface area contributed by atoms with Crippen molar-refractivity contribution in [1.29, 1.82) is 0 Å². The second-order valence-corrected chi connectivity index (χ2v) is 5.51. The molecule has 0 bridgehead atoms. The van der Waals surface area contributed by atoms with Gasteiger partial charge in [0.15, 0.2) is 0 Å². The standard InChI is InChI=1S/C14H19N/c1-9-6-7-10(2)13-11(9)8-12(15-13)14(3,4)5/h6-7H,8H2,1-5H3. The molecule has 1 heteroatoms. The normalized spacial score (nSPS) is 15.1. The fraction of sp³-hybridized carbons (Fsp3) is 0.500. The molecule has 0 saturated heterocycles. The van der Waals surface area contributed by atoms with Crippen LogP contribution in [0.5, 0.6) is 0 Å². The van der Waals surface area contributed by atoms with Crippen molar-refractivity contribution in [2.75, 3.05) is 0 Å². The minimum atomic E-state index is 0.192. The summed E-state index contributed by atoms with van der Waals surface area (Å²) in [6, 6.07) is 4.37. The highest BCUT2D eigenvalue weighted by atomic mass is 14.8. The molecular formula is C14H19N. The molecule has 0 aromatic heterocycles. The average molecular weight is 201 g/mol. The van der Waals surface area contributed by atoms with Crippen LogP contribution >= 0.6 is 0 Å². The molecule has 0 saturated carbocycles. The second kappa shape index (κ2) is 3.19. The van der Waals surface area contributed by atoms with Gasteiger partial charge in [0.2, 0.25) is 0 Å². The minimum Gasteiger partial charge on any atom is -0.256 e. The number of fused-ring (bicyclic) bond motifs is 1. The first-order chi connectivity index (χ1) is 6.89. The van der Waals surface area contributed by atoms with Crippen molar-refractivity contribution in [2.45, 2.75) is 41.0 Å². The molecule has 80 valence electrons. The van der Waals surface area contributed by atoms with Gasteiger partial charge in [0.1, 0.15) is 0 Å². The van der Waals surface area contributed by atoms with E-state index in [4.69, 9.17) is 4.99 Å². The zero-order valence-electron chi connectivity index (χ0n) is 10.3. The van der Waals surface area contributed by atoms with Gasteiger partial charge in [0.25, 0.3) is 0 Å². The number of aryl methyl sites for hydroxylation is 2. The summed E-state index contributed by atoms with van der Waals surface area (Å²) in [5.74, 6) is 0. The van der Waals surface area contributed by atoms with Crippen LogP contribution in [0.3, 0.4) is 0 Å². The number of hydrogen-bond donors (Lipinski definition) is 0. The Kier molecular flexibility index (Phi) is 2.22. The molecule has 1 aliphatic rings. The molecule has 1 aromatic rings. The number of hydrogen-bond acceptors (Lipinski definition) is 1. The van der Waals surface area contributed by atoms with Crippen molar-refractivity contribution in [1.82, 2.24) is 0 Å². The van der Waals surface area contributed by atoms with E-state index in [-0.39, 0.29) is 5.41 Å². The molecule has 0 aliphatic carbocycles. The van der Waals surface area contributed by atoms with E-state index in [1.54, 1.807) is 0 Å². The van der Waals surface area contributed by atoms with Crippen molar-refractivity contribution in [3.05, 3.63) is 28.8 Å². The van der Waals surface area contributed by atoms with Gasteiger partial charge >= 0.3 is 0 Å². The first-order valence-electron chi connectivity index (χ1n) is 5.57. The van der Waals surface area contributed by atoms with Crippen LogP contribution in [0.4, 0.5) is 5.69 Å². The van der Waals surface area contributed by atoms with Crippen LogP contribution in [-0.4, -0.2) is 5.71 Å². The van der Waals surface area contributed by atoms with E-state index >= 15 is 0 Å². The Morgan fingerprint density at radius 1 is 1.07 bits per heavy atom. The maximum absolute atomic E-state index is 4.80. The summed E-state index contributed by atoms with van der Waals surface area (Å²) in [5.41, 5.74) is 6.83. The van der Waals surface area contributed by atoms with E-state index in [1.807, 2.05) is 0 Å². The van der Waals surface area contributed by atoms with E-state index in [0.29, 0.717) is 0 Å². The van der Waals surface area contributed by atoms with E-state index in [9.17, 15) is 0 Å². The molecule has 15 heavy (non-hydrogen) atoms. The highest BCUT2D eigenvalue weighted by Crippen LogP contribution is 2.37. The molecule has 1 aliphatic heterocycles. The minimum absolute atomic E-state index is 0.192. The van der Waals surface area contributed by atoms with E-state index in [2.05, 4.69) is 46.8 Å². The van der Waals surface area contributed by atoms with E-state index < -0.39 is 0 Å². The third kappa shape index (κ3) is 1.71. The Labute approximate surface area is 92.2 Å². The topological polar surface area (TPSA) is 12.4 Å². The second-order valence-electron chi connectivity index (χ2n) is 5.51. The van der Waals surface area contributed by atoms with Crippen molar-refractivity contribution in [3.63, 3.8) is 0 Å². The first kappa shape index (κ1) is 10.4. The van der Waals surface area contributed by atoms with Gasteiger partial charge in [-0.3, -0.25) is 4.99 Å². The van der Waals surface area contributed by atoms with Crippen LogP contribution in [0, 0.1) is 19.3 Å². The summed E-state index contributed by atoms with van der Waals surface area (Å²) in [6.07, 6.45) is 1.03. The zero-order chi connectivity index (χ0) is 11.2. The van der Waals surface area contributed by atoms with Crippen LogP contribution in [0.15, 0.2) is 17.1 Å². The third-order valence-electron chi connectivity index (χ3n) is 3.18. The van der Waals surface area contributed by atoms with Gasteiger partial charge < -0.3 is 0 Å². The zero-order valence-corrected chi connectivity index (χ0v) is 10.3. The van der Waals surface area contributed by atoms with Crippen LogP contribution in [0.25, 0.3) is 0 Å². The molecule has 1 aromatic carbocycles. The van der Waals surface area contributed by atoms with Crippen LogP contribution < -0.4 is 0 Å². The summed E-state index contributed by atoms with van der Waals surface area (Å²) in [7, 11) is 0. The maximum Gasteiger partial charge on any atom is 0.0696 e. The fourth-order valence-corrected chi connectivity index (χ4v) is 2.01. The maximum atomic E-state index is 4.80. The summed E-state index contributed by atoms with van der Waals surface area (Å²) >= 11 is 0. The molecule has 0 spiro atoms. The third-order valence-corrected chi connectivity index (χ3v) is 3.18. The predicted octanol–water partition coefficient (Wildman–Crippen LogP) is 3.98. The van der Waals surface area contributed by atoms with Crippen molar-refractivity contribution in [2.24, 2.45) is 10.4 Å². The Hall–Kier alpha value is -1.11. The highest BCUT2D eigenvalue weighted by Gasteiger charge is 2.26. The molecule has 0 unspecified atom stereocenters. The van der Waals surface area contributed by atoms with Gasteiger partial charge in [-0.25, -0.2) is 0 Å². The van der Waals surface area contributed by atoms with Gasteiger partial charge in [0.05, 0.1) is 5.69 Å². The Morgan fingerprint density at radius 3 is 2.20 bits per heavy atom. The molecule has 0 atom stereocenters. The number of rotatable bonds is 0. The molecule has 1 heterocycles. The quantitative estimate of drug-likeness (QED) is 0.602. The smallest absolute Gasteiger partial charge is 0.0696 e. The lowest BCUT2D eigenvalue weighted by molar-refractivity contribution is 0.584. The lowest BCUT2D eigenvalue weighted by Crippen LogP contribution is -2.20. The molecule has 0 radical (unpaired) electrons. The number of benzene rings is 1. The van der Waals surface area contributed by atoms with Crippen molar-refractivity contribution >= 4 is 11.4 Å². The van der Waals surface area contributed by atoms with Gasteiger partial charge in [-0.15, -0.1) is 0 Å². The predicted molar refractivity (Wildman–Crippen MR) is 66.2 cm³/mol. The fourth-order valence-electron chi connectivity index (χ4n) is 2.01. The van der Waals surface area contributed by atoms with Gasteiger partial charge in [0, 0.05) is 17.5 Å². The molecule has 1 nitrogen and oxygen atoms in total. The van der Waals surface area contributed by atoms with Crippen LogP contribution in [0.1, 0.15) is 37.5 Å². The van der Waals surface area contributed by atoms with Gasteiger partial charge in [-0.1, -0.05) is 32.9 Å². The Balaban J connectivity index is 2.51. The molecule has 0 fully saturated rings. The first-order valence-corrected chi connectivity index (χ1v) is 5.57. The number of aliphatic imine (C=N–C) groups is 1. The molecule has 0 N–H and O–H groups in total. The summed E-state index contributed by atoms with van der Waals surface area (Å²) in [6.45, 7) is 11.0. The molecule has 2 rings (SSSR count). The summed E-state index contributed by atoms with van der Waals surface area (Å²) < 4.78 is 0. The van der Waals surface area contributed by atoms with E-state index in [1.165, 1.54) is 28.1 Å². The van der Waals surface area contributed by atoms with Crippen LogP contribution in [0.2, 0.25) is 0 Å². The average Bonchev–Trinajstić information content (AvgIpc) is 2.56. The Bertz CT molecular complexity index is 433. The number of nitrogens with zero attached hydrogens (tertiary/aromatic N) is 1. The summed E-state index contributed by atoms with van der Waals surface area (Å²) in [4.78, 5) is 4.80. The lowest BCUT2D eigenvalue weighted by atomic mass is 9.87. The van der Waals surface area contributed by atoms with Crippen molar-refractivity contribution in [3.8, 4) is 0 Å². The monoisotopic (exact) mass is 201 g/mol. The van der Waals surface area contributed by atoms with E-state index in [0.717, 1.165) is 6.42 Å². The lowest BCUT2D eigenvalue weighted by Gasteiger charge is -2.18. The summed E-state index contributed by atoms with van der Waals surface area (Å²) in [5, 5.41) is 0. The Morgan fingerprint density at radius 2 is 1.67 bits per heavy atom. The van der Waals surface area contributed by atoms with Crippen LogP contribution in [-0.2, 0) is 6.42 Å². The largest absolute Gasteiger partial charge is 0.256 e. The molecule has 0 amide bonds. The SMILES string of the molecule is Cc1ccc(C)c2c1CC(C(C)(C)C)=N2. The molecular weight excluding hydrogens is 182 g/mol. The van der Waals surface area contributed by atoms with Gasteiger partial charge in [-0.2, -0.15) is 0 Å².